The second-order valence-corrected chi connectivity index (χ2v) is 5.55. The first kappa shape index (κ1) is 13.4. The summed E-state index contributed by atoms with van der Waals surface area (Å²) < 4.78 is 5.48. The van der Waals surface area contributed by atoms with Crippen LogP contribution in [0.5, 0.6) is 0 Å². The zero-order valence-electron chi connectivity index (χ0n) is 11.7. The minimum Gasteiger partial charge on any atom is -0.391 e. The highest BCUT2D eigenvalue weighted by atomic mass is 16.5. The normalized spacial score (nSPS) is 23.4. The van der Waals surface area contributed by atoms with E-state index in [0.717, 1.165) is 12.1 Å². The molecule has 18 heavy (non-hydrogen) atoms. The molecule has 2 rings (SSSR count). The third kappa shape index (κ3) is 2.38. The molecule has 2 N–H and O–H groups in total. The second kappa shape index (κ2) is 4.90. The largest absolute Gasteiger partial charge is 0.391 e. The Morgan fingerprint density at radius 1 is 1.44 bits per heavy atom. The monoisotopic (exact) mass is 249 g/mol. The van der Waals surface area contributed by atoms with Crippen molar-refractivity contribution in [1.82, 2.24) is 0 Å². The predicted octanol–water partition coefficient (Wildman–Crippen LogP) is 2.37. The summed E-state index contributed by atoms with van der Waals surface area (Å²) in [7, 11) is 1.68. The van der Waals surface area contributed by atoms with Gasteiger partial charge >= 0.3 is 0 Å². The number of anilines is 1. The molecule has 100 valence electrons. The highest BCUT2D eigenvalue weighted by Crippen LogP contribution is 2.31. The van der Waals surface area contributed by atoms with Crippen molar-refractivity contribution >= 4 is 5.69 Å². The van der Waals surface area contributed by atoms with Gasteiger partial charge in [-0.3, -0.25) is 0 Å². The van der Waals surface area contributed by atoms with Gasteiger partial charge in [-0.15, -0.1) is 0 Å². The van der Waals surface area contributed by atoms with Gasteiger partial charge in [0.1, 0.15) is 0 Å². The highest BCUT2D eigenvalue weighted by molar-refractivity contribution is 5.56. The molecule has 0 amide bonds. The Kier molecular flexibility index (Phi) is 3.64. The summed E-state index contributed by atoms with van der Waals surface area (Å²) in [5, 5.41) is 13.7. The Bertz CT molecular complexity index is 429. The minimum absolute atomic E-state index is 0.0810. The number of fused-ring (bicyclic) bond motifs is 1. The number of benzene rings is 1. The summed E-state index contributed by atoms with van der Waals surface area (Å²) in [4.78, 5) is 0. The molecule has 1 aromatic carbocycles. The maximum Gasteiger partial charge on any atom is 0.0848 e. The minimum atomic E-state index is -0.417. The fourth-order valence-electron chi connectivity index (χ4n) is 2.55. The number of aliphatic hydroxyl groups excluding tert-OH is 1. The van der Waals surface area contributed by atoms with Crippen LogP contribution in [0.2, 0.25) is 0 Å². The van der Waals surface area contributed by atoms with Crippen LogP contribution < -0.4 is 5.32 Å². The molecule has 2 atom stereocenters. The molecule has 1 aliphatic rings. The number of ether oxygens (including phenoxy) is 1. The molecule has 2 unspecified atom stereocenters. The predicted molar refractivity (Wildman–Crippen MR) is 74.0 cm³/mol. The van der Waals surface area contributed by atoms with E-state index >= 15 is 0 Å². The Morgan fingerprint density at radius 2 is 2.17 bits per heavy atom. The molecule has 3 heteroatoms. The molecule has 1 aliphatic heterocycles. The third-order valence-corrected chi connectivity index (χ3v) is 3.98. The van der Waals surface area contributed by atoms with E-state index in [2.05, 4.69) is 30.4 Å². The van der Waals surface area contributed by atoms with E-state index in [4.69, 9.17) is 4.74 Å². The van der Waals surface area contributed by atoms with Crippen LogP contribution >= 0.6 is 0 Å². The van der Waals surface area contributed by atoms with Crippen LogP contribution in [0.25, 0.3) is 0 Å². The molecule has 0 fully saturated rings. The lowest BCUT2D eigenvalue weighted by Crippen LogP contribution is -2.53. The van der Waals surface area contributed by atoms with Gasteiger partial charge in [0.25, 0.3) is 0 Å². The van der Waals surface area contributed by atoms with E-state index in [9.17, 15) is 5.11 Å². The van der Waals surface area contributed by atoms with E-state index in [1.165, 1.54) is 11.1 Å². The van der Waals surface area contributed by atoms with Gasteiger partial charge in [-0.25, -0.2) is 0 Å². The maximum absolute atomic E-state index is 10.3. The van der Waals surface area contributed by atoms with E-state index in [-0.39, 0.29) is 11.6 Å². The average molecular weight is 249 g/mol. The van der Waals surface area contributed by atoms with Gasteiger partial charge in [-0.1, -0.05) is 19.1 Å². The molecule has 0 radical (unpaired) electrons. The van der Waals surface area contributed by atoms with Crippen molar-refractivity contribution in [3.05, 3.63) is 29.3 Å². The smallest absolute Gasteiger partial charge is 0.0848 e. The van der Waals surface area contributed by atoms with Gasteiger partial charge in [0.2, 0.25) is 0 Å². The zero-order chi connectivity index (χ0) is 13.3. The van der Waals surface area contributed by atoms with E-state index in [0.29, 0.717) is 6.42 Å². The van der Waals surface area contributed by atoms with Crippen LogP contribution in [0.1, 0.15) is 31.9 Å². The van der Waals surface area contributed by atoms with Crippen LogP contribution in [-0.4, -0.2) is 30.0 Å². The summed E-state index contributed by atoms with van der Waals surface area (Å²) in [5.74, 6) is 0. The lowest BCUT2D eigenvalue weighted by atomic mass is 9.85. The lowest BCUT2D eigenvalue weighted by Gasteiger charge is -2.41. The molecule has 0 bridgehead atoms. The second-order valence-electron chi connectivity index (χ2n) is 5.55. The van der Waals surface area contributed by atoms with Crippen LogP contribution in [0, 0.1) is 0 Å². The van der Waals surface area contributed by atoms with Gasteiger partial charge < -0.3 is 15.2 Å². The Morgan fingerprint density at radius 3 is 2.78 bits per heavy atom. The van der Waals surface area contributed by atoms with Crippen molar-refractivity contribution in [3.8, 4) is 0 Å². The van der Waals surface area contributed by atoms with Crippen molar-refractivity contribution in [1.29, 1.82) is 0 Å². The standard InChI is InChI=1S/C15H23NO2/c1-5-10-6-7-12-11(8-10)9-13(17)14(16-12)15(2,3)18-4/h6-8,13-14,16-17H,5,9H2,1-4H3. The van der Waals surface area contributed by atoms with E-state index in [1.54, 1.807) is 7.11 Å². The highest BCUT2D eigenvalue weighted by Gasteiger charge is 2.38. The van der Waals surface area contributed by atoms with Gasteiger partial charge in [0.05, 0.1) is 17.7 Å². The Labute approximate surface area is 109 Å². The third-order valence-electron chi connectivity index (χ3n) is 3.98. The van der Waals surface area contributed by atoms with E-state index in [1.807, 2.05) is 13.8 Å². The maximum atomic E-state index is 10.3. The SMILES string of the molecule is CCc1ccc2c(c1)CC(O)C(C(C)(C)OC)N2. The first-order valence-electron chi connectivity index (χ1n) is 6.59. The van der Waals surface area contributed by atoms with Crippen LogP contribution in [-0.2, 0) is 17.6 Å². The topological polar surface area (TPSA) is 41.5 Å². The first-order valence-corrected chi connectivity index (χ1v) is 6.59. The molecular formula is C15H23NO2. The molecule has 1 heterocycles. The quantitative estimate of drug-likeness (QED) is 0.864. The van der Waals surface area contributed by atoms with Crippen LogP contribution in [0.4, 0.5) is 5.69 Å². The number of hydrogen-bond donors (Lipinski definition) is 2. The molecule has 0 saturated heterocycles. The molecule has 1 aromatic rings. The molecule has 0 aliphatic carbocycles. The Balaban J connectivity index is 2.28. The summed E-state index contributed by atoms with van der Waals surface area (Å²) in [6.45, 7) is 6.14. The molecule has 0 saturated carbocycles. The fraction of sp³-hybridized carbons (Fsp3) is 0.600. The van der Waals surface area contributed by atoms with Gasteiger partial charge in [-0.05, 0) is 37.5 Å². The van der Waals surface area contributed by atoms with Crippen molar-refractivity contribution in [2.45, 2.75) is 51.4 Å². The van der Waals surface area contributed by atoms with Gasteiger partial charge in [0, 0.05) is 19.2 Å². The zero-order valence-corrected chi connectivity index (χ0v) is 11.7. The molecule has 0 aromatic heterocycles. The first-order chi connectivity index (χ1) is 8.47. The number of aryl methyl sites for hydroxylation is 1. The van der Waals surface area contributed by atoms with Crippen LogP contribution in [0.15, 0.2) is 18.2 Å². The molecule has 3 nitrogen and oxygen atoms in total. The van der Waals surface area contributed by atoms with E-state index < -0.39 is 6.10 Å². The summed E-state index contributed by atoms with van der Waals surface area (Å²) in [5.41, 5.74) is 3.24. The Hall–Kier alpha value is -1.06. The van der Waals surface area contributed by atoms with Crippen molar-refractivity contribution < 1.29 is 9.84 Å². The number of methoxy groups -OCH3 is 1. The van der Waals surface area contributed by atoms with Crippen molar-refractivity contribution in [3.63, 3.8) is 0 Å². The lowest BCUT2D eigenvalue weighted by molar-refractivity contribution is -0.0328. The molecule has 0 spiro atoms. The van der Waals surface area contributed by atoms with Gasteiger partial charge in [0.15, 0.2) is 0 Å². The molecular weight excluding hydrogens is 226 g/mol. The number of hydrogen-bond acceptors (Lipinski definition) is 3. The van der Waals surface area contributed by atoms with Crippen molar-refractivity contribution in [2.24, 2.45) is 0 Å². The average Bonchev–Trinajstić information content (AvgIpc) is 2.37. The fourth-order valence-corrected chi connectivity index (χ4v) is 2.55. The number of aliphatic hydroxyl groups is 1. The number of nitrogens with one attached hydrogen (secondary N) is 1. The summed E-state index contributed by atoms with van der Waals surface area (Å²) in [6, 6.07) is 6.35. The number of rotatable bonds is 3. The van der Waals surface area contributed by atoms with Gasteiger partial charge in [-0.2, -0.15) is 0 Å². The summed E-state index contributed by atoms with van der Waals surface area (Å²) in [6.07, 6.45) is 1.30. The van der Waals surface area contributed by atoms with Crippen molar-refractivity contribution in [2.75, 3.05) is 12.4 Å². The summed E-state index contributed by atoms with van der Waals surface area (Å²) >= 11 is 0. The van der Waals surface area contributed by atoms with Crippen LogP contribution in [0.3, 0.4) is 0 Å².